The second-order valence-corrected chi connectivity index (χ2v) is 7.56. The summed E-state index contributed by atoms with van der Waals surface area (Å²) in [4.78, 5) is 27.9. The van der Waals surface area contributed by atoms with Crippen molar-refractivity contribution in [2.45, 2.75) is 18.6 Å². The lowest BCUT2D eigenvalue weighted by atomic mass is 9.88. The van der Waals surface area contributed by atoms with E-state index in [0.29, 0.717) is 28.3 Å². The average Bonchev–Trinajstić information content (AvgIpc) is 3.01. The summed E-state index contributed by atoms with van der Waals surface area (Å²) in [6.07, 6.45) is -0.453. The molecule has 0 spiro atoms. The number of amides is 1. The fraction of sp³-hybridized carbons (Fsp3) is 0.200. The van der Waals surface area contributed by atoms with Crippen LogP contribution in [0.25, 0.3) is 0 Å². The van der Waals surface area contributed by atoms with Crippen molar-refractivity contribution in [2.75, 3.05) is 19.1 Å². The topological polar surface area (TPSA) is 76.1 Å². The second-order valence-electron chi connectivity index (χ2n) is 7.56. The number of carbonyl (C=O) groups excluding carboxylic acids is 2. The maximum Gasteiger partial charge on any atom is 0.264 e. The summed E-state index contributed by atoms with van der Waals surface area (Å²) in [7, 11) is 2.93. The maximum absolute atomic E-state index is 13.4. The van der Waals surface area contributed by atoms with Crippen LogP contribution in [-0.2, 0) is 16.9 Å². The van der Waals surface area contributed by atoms with Crippen LogP contribution in [0.2, 0.25) is 0 Å². The van der Waals surface area contributed by atoms with Crippen LogP contribution in [0.5, 0.6) is 11.5 Å². The molecular formula is C25H22FNO5. The van der Waals surface area contributed by atoms with Crippen molar-refractivity contribution in [3.8, 4) is 11.5 Å². The van der Waals surface area contributed by atoms with E-state index in [-0.39, 0.29) is 17.9 Å². The molecule has 1 N–H and O–H groups in total. The molecule has 4 rings (SSSR count). The summed E-state index contributed by atoms with van der Waals surface area (Å²) < 4.78 is 23.7. The van der Waals surface area contributed by atoms with Crippen molar-refractivity contribution in [2.24, 2.45) is 0 Å². The highest BCUT2D eigenvalue weighted by Crippen LogP contribution is 2.44. The molecule has 1 amide bonds. The number of ketones is 1. The van der Waals surface area contributed by atoms with Crippen LogP contribution in [0.1, 0.15) is 27.9 Å². The highest BCUT2D eigenvalue weighted by Gasteiger charge is 2.51. The molecule has 3 aromatic carbocycles. The largest absolute Gasteiger partial charge is 0.497 e. The van der Waals surface area contributed by atoms with E-state index in [2.05, 4.69) is 0 Å². The molecule has 1 heterocycles. The van der Waals surface area contributed by atoms with Gasteiger partial charge in [-0.3, -0.25) is 9.59 Å². The Hall–Kier alpha value is -3.71. The first-order chi connectivity index (χ1) is 15.4. The van der Waals surface area contributed by atoms with E-state index in [1.807, 2.05) is 0 Å². The molecule has 0 saturated heterocycles. The summed E-state index contributed by atoms with van der Waals surface area (Å²) >= 11 is 0. The van der Waals surface area contributed by atoms with Gasteiger partial charge in [-0.1, -0.05) is 30.3 Å². The minimum Gasteiger partial charge on any atom is -0.497 e. The quantitative estimate of drug-likeness (QED) is 0.571. The Kier molecular flexibility index (Phi) is 5.67. The molecule has 0 bridgehead atoms. The van der Waals surface area contributed by atoms with E-state index < -0.39 is 23.7 Å². The Labute approximate surface area is 184 Å². The van der Waals surface area contributed by atoms with E-state index in [1.165, 1.54) is 31.3 Å². The number of para-hydroxylation sites is 1. The number of carbonyl (C=O) groups is 2. The Morgan fingerprint density at radius 2 is 1.75 bits per heavy atom. The van der Waals surface area contributed by atoms with Gasteiger partial charge in [-0.25, -0.2) is 4.39 Å². The van der Waals surface area contributed by atoms with E-state index in [4.69, 9.17) is 9.47 Å². The predicted octanol–water partition coefficient (Wildman–Crippen LogP) is 3.85. The smallest absolute Gasteiger partial charge is 0.264 e. The first kappa shape index (κ1) is 21.5. The van der Waals surface area contributed by atoms with Gasteiger partial charge in [-0.05, 0) is 35.9 Å². The molecule has 0 aromatic heterocycles. The minimum atomic E-state index is -2.03. The summed E-state index contributed by atoms with van der Waals surface area (Å²) in [5.74, 6) is -0.621. The van der Waals surface area contributed by atoms with Crippen molar-refractivity contribution in [1.29, 1.82) is 0 Å². The van der Waals surface area contributed by atoms with Crippen LogP contribution < -0.4 is 14.4 Å². The van der Waals surface area contributed by atoms with E-state index >= 15 is 0 Å². The minimum absolute atomic E-state index is 0.137. The molecule has 164 valence electrons. The van der Waals surface area contributed by atoms with Crippen molar-refractivity contribution in [3.63, 3.8) is 0 Å². The third-order valence-electron chi connectivity index (χ3n) is 5.62. The van der Waals surface area contributed by atoms with Crippen LogP contribution in [0, 0.1) is 5.82 Å². The van der Waals surface area contributed by atoms with Gasteiger partial charge in [-0.15, -0.1) is 0 Å². The van der Waals surface area contributed by atoms with Crippen LogP contribution in [0.4, 0.5) is 10.1 Å². The van der Waals surface area contributed by atoms with Gasteiger partial charge in [-0.2, -0.15) is 0 Å². The van der Waals surface area contributed by atoms with Gasteiger partial charge < -0.3 is 19.5 Å². The zero-order valence-electron chi connectivity index (χ0n) is 17.7. The molecule has 0 fully saturated rings. The van der Waals surface area contributed by atoms with E-state index in [1.54, 1.807) is 54.6 Å². The fourth-order valence-corrected chi connectivity index (χ4v) is 3.96. The lowest BCUT2D eigenvalue weighted by molar-refractivity contribution is -0.136. The Bertz CT molecular complexity index is 1180. The molecule has 1 aliphatic heterocycles. The maximum atomic E-state index is 13.4. The van der Waals surface area contributed by atoms with Crippen molar-refractivity contribution in [3.05, 3.63) is 89.2 Å². The van der Waals surface area contributed by atoms with Gasteiger partial charge in [0.2, 0.25) is 0 Å². The number of benzene rings is 3. The van der Waals surface area contributed by atoms with Crippen molar-refractivity contribution >= 4 is 17.4 Å². The first-order valence-corrected chi connectivity index (χ1v) is 10.0. The standard InChI is InChI=1S/C25H22FNO5/c1-31-18-11-12-19(23(13-18)32-2)22(28)14-25(30)20-5-3-4-6-21(20)27(24(25)29)15-16-7-9-17(26)10-8-16/h3-13,30H,14-15H2,1-2H3/t25-/m1/s1. The zero-order chi connectivity index (χ0) is 22.9. The van der Waals surface area contributed by atoms with Crippen LogP contribution in [0.3, 0.4) is 0 Å². The molecule has 32 heavy (non-hydrogen) atoms. The first-order valence-electron chi connectivity index (χ1n) is 10.0. The molecule has 1 aliphatic rings. The Morgan fingerprint density at radius 1 is 1.03 bits per heavy atom. The molecule has 0 saturated carbocycles. The number of fused-ring (bicyclic) bond motifs is 1. The third-order valence-corrected chi connectivity index (χ3v) is 5.62. The number of anilines is 1. The predicted molar refractivity (Wildman–Crippen MR) is 116 cm³/mol. The van der Waals surface area contributed by atoms with Gasteiger partial charge >= 0.3 is 0 Å². The van der Waals surface area contributed by atoms with Gasteiger partial charge in [0.25, 0.3) is 5.91 Å². The number of nitrogens with zero attached hydrogens (tertiary/aromatic N) is 1. The van der Waals surface area contributed by atoms with Crippen LogP contribution >= 0.6 is 0 Å². The third kappa shape index (κ3) is 3.71. The van der Waals surface area contributed by atoms with Crippen molar-refractivity contribution in [1.82, 2.24) is 0 Å². The Balaban J connectivity index is 1.67. The molecule has 0 unspecified atom stereocenters. The summed E-state index contributed by atoms with van der Waals surface area (Å²) in [5, 5.41) is 11.5. The SMILES string of the molecule is COc1ccc(C(=O)C[C@]2(O)C(=O)N(Cc3ccc(F)cc3)c3ccccc32)c(OC)c1. The molecule has 1 atom stereocenters. The van der Waals surface area contributed by atoms with E-state index in [9.17, 15) is 19.1 Å². The normalized spacial score (nSPS) is 17.2. The monoisotopic (exact) mass is 435 g/mol. The second kappa shape index (κ2) is 8.43. The highest BCUT2D eigenvalue weighted by molar-refractivity contribution is 6.11. The van der Waals surface area contributed by atoms with Gasteiger partial charge in [0.1, 0.15) is 17.3 Å². The summed E-state index contributed by atoms with van der Waals surface area (Å²) in [6, 6.07) is 17.3. The van der Waals surface area contributed by atoms with Gasteiger partial charge in [0.15, 0.2) is 11.4 Å². The van der Waals surface area contributed by atoms with Gasteiger partial charge in [0, 0.05) is 11.6 Å². The van der Waals surface area contributed by atoms with Crippen LogP contribution in [-0.4, -0.2) is 31.0 Å². The number of rotatable bonds is 7. The summed E-state index contributed by atoms with van der Waals surface area (Å²) in [6.45, 7) is 0.137. The lowest BCUT2D eigenvalue weighted by Gasteiger charge is -2.23. The number of hydrogen-bond donors (Lipinski definition) is 1. The van der Waals surface area contributed by atoms with Gasteiger partial charge in [0.05, 0.1) is 38.4 Å². The lowest BCUT2D eigenvalue weighted by Crippen LogP contribution is -2.41. The number of methoxy groups -OCH3 is 2. The Morgan fingerprint density at radius 3 is 2.44 bits per heavy atom. The molecule has 6 nitrogen and oxygen atoms in total. The average molecular weight is 435 g/mol. The number of Topliss-reactive ketones (excluding diaryl/α,β-unsaturated/α-hetero) is 1. The number of hydrogen-bond acceptors (Lipinski definition) is 5. The molecule has 0 radical (unpaired) electrons. The molecule has 3 aromatic rings. The zero-order valence-corrected chi connectivity index (χ0v) is 17.7. The molecular weight excluding hydrogens is 413 g/mol. The molecule has 7 heteroatoms. The van der Waals surface area contributed by atoms with Crippen molar-refractivity contribution < 1.29 is 28.6 Å². The molecule has 0 aliphatic carbocycles. The summed E-state index contributed by atoms with van der Waals surface area (Å²) in [5.41, 5.74) is -0.226. The van der Waals surface area contributed by atoms with Crippen LogP contribution in [0.15, 0.2) is 66.7 Å². The fourth-order valence-electron chi connectivity index (χ4n) is 3.96. The number of ether oxygens (including phenoxy) is 2. The number of halogens is 1. The van der Waals surface area contributed by atoms with E-state index in [0.717, 1.165) is 0 Å². The highest BCUT2D eigenvalue weighted by atomic mass is 19.1. The number of aliphatic hydroxyl groups is 1.